The average molecular weight is 257 g/mol. The number of hydrogen-bond acceptors (Lipinski definition) is 4. The van der Waals surface area contributed by atoms with Crippen molar-refractivity contribution in [3.8, 4) is 11.3 Å². The first-order chi connectivity index (χ1) is 9.24. The molecule has 1 amide bonds. The number of nitrogens with zero attached hydrogens (tertiary/aromatic N) is 4. The second-order valence-electron chi connectivity index (χ2n) is 4.78. The minimum absolute atomic E-state index is 0.00585. The molecule has 0 radical (unpaired) electrons. The molecule has 1 aliphatic rings. The molecule has 0 bridgehead atoms. The fraction of sp³-hybridized carbons (Fsp3) is 0.385. The summed E-state index contributed by atoms with van der Waals surface area (Å²) in [6.45, 7) is 1.82. The number of aromatic nitrogens is 4. The third kappa shape index (κ3) is 2.62. The number of hydrogen-bond donors (Lipinski definition) is 1. The van der Waals surface area contributed by atoms with Crippen LogP contribution in [0.2, 0.25) is 0 Å². The van der Waals surface area contributed by atoms with Gasteiger partial charge >= 0.3 is 0 Å². The Morgan fingerprint density at radius 2 is 2.16 bits per heavy atom. The van der Waals surface area contributed by atoms with E-state index in [1.165, 1.54) is 0 Å². The molecule has 3 rings (SSSR count). The van der Waals surface area contributed by atoms with Crippen LogP contribution in [0.5, 0.6) is 0 Å². The lowest BCUT2D eigenvalue weighted by atomic mass is 10.2. The van der Waals surface area contributed by atoms with E-state index in [2.05, 4.69) is 20.6 Å². The molecule has 2 aromatic heterocycles. The van der Waals surface area contributed by atoms with E-state index in [4.69, 9.17) is 0 Å². The Hall–Kier alpha value is -2.24. The lowest BCUT2D eigenvalue weighted by Gasteiger charge is -2.10. The van der Waals surface area contributed by atoms with Gasteiger partial charge in [-0.3, -0.25) is 9.78 Å². The van der Waals surface area contributed by atoms with Gasteiger partial charge in [-0.2, -0.15) is 0 Å². The van der Waals surface area contributed by atoms with Gasteiger partial charge in [-0.25, -0.2) is 4.68 Å². The molecular weight excluding hydrogens is 242 g/mol. The van der Waals surface area contributed by atoms with Crippen LogP contribution in [0.1, 0.15) is 25.8 Å². The van der Waals surface area contributed by atoms with E-state index in [0.717, 1.165) is 24.1 Å². The van der Waals surface area contributed by atoms with E-state index >= 15 is 0 Å². The van der Waals surface area contributed by atoms with Crippen molar-refractivity contribution in [3.63, 3.8) is 0 Å². The van der Waals surface area contributed by atoms with E-state index in [0.29, 0.717) is 6.04 Å². The zero-order valence-electron chi connectivity index (χ0n) is 10.7. The monoisotopic (exact) mass is 257 g/mol. The maximum Gasteiger partial charge on any atom is 0.244 e. The standard InChI is InChI=1S/C13H15N5O/c1-9(13(19)15-11-2-3-11)18-8-12(16-17-18)10-4-6-14-7-5-10/h4-9,11H,2-3H2,1H3,(H,15,19). The Morgan fingerprint density at radius 1 is 1.42 bits per heavy atom. The molecule has 1 atom stereocenters. The Kier molecular flexibility index (Phi) is 2.98. The zero-order chi connectivity index (χ0) is 13.2. The molecule has 0 saturated heterocycles. The van der Waals surface area contributed by atoms with Gasteiger partial charge in [0.2, 0.25) is 5.91 Å². The first-order valence-corrected chi connectivity index (χ1v) is 6.36. The van der Waals surface area contributed by atoms with Gasteiger partial charge in [-0.05, 0) is 31.9 Å². The van der Waals surface area contributed by atoms with Crippen LogP contribution in [0.15, 0.2) is 30.7 Å². The van der Waals surface area contributed by atoms with E-state index < -0.39 is 0 Å². The summed E-state index contributed by atoms with van der Waals surface area (Å²) in [5.41, 5.74) is 1.68. The van der Waals surface area contributed by atoms with Crippen LogP contribution in [0, 0.1) is 0 Å². The summed E-state index contributed by atoms with van der Waals surface area (Å²) >= 11 is 0. The summed E-state index contributed by atoms with van der Waals surface area (Å²) in [6.07, 6.45) is 7.36. The molecule has 1 aliphatic carbocycles. The number of pyridine rings is 1. The van der Waals surface area contributed by atoms with Gasteiger partial charge in [0.1, 0.15) is 11.7 Å². The van der Waals surface area contributed by atoms with Gasteiger partial charge in [0.15, 0.2) is 0 Å². The van der Waals surface area contributed by atoms with E-state index in [1.807, 2.05) is 19.1 Å². The molecule has 0 spiro atoms. The van der Waals surface area contributed by atoms with Crippen LogP contribution in [0.4, 0.5) is 0 Å². The Balaban J connectivity index is 1.75. The third-order valence-corrected chi connectivity index (χ3v) is 3.19. The van der Waals surface area contributed by atoms with Crippen LogP contribution >= 0.6 is 0 Å². The first kappa shape index (κ1) is 11.8. The lowest BCUT2D eigenvalue weighted by Crippen LogP contribution is -2.32. The van der Waals surface area contributed by atoms with Crippen LogP contribution < -0.4 is 5.32 Å². The maximum atomic E-state index is 11.9. The second kappa shape index (κ2) is 4.79. The van der Waals surface area contributed by atoms with Gasteiger partial charge in [0.25, 0.3) is 0 Å². The van der Waals surface area contributed by atoms with E-state index in [1.54, 1.807) is 23.3 Å². The normalized spacial score (nSPS) is 16.1. The molecule has 1 N–H and O–H groups in total. The summed E-state index contributed by atoms with van der Waals surface area (Å²) in [7, 11) is 0. The molecule has 2 heterocycles. The highest BCUT2D eigenvalue weighted by Gasteiger charge is 2.26. The Bertz CT molecular complexity index is 576. The van der Waals surface area contributed by atoms with Crippen molar-refractivity contribution in [3.05, 3.63) is 30.7 Å². The molecule has 6 heteroatoms. The molecule has 1 fully saturated rings. The van der Waals surface area contributed by atoms with E-state index in [-0.39, 0.29) is 11.9 Å². The summed E-state index contributed by atoms with van der Waals surface area (Å²) in [5, 5.41) is 11.1. The SMILES string of the molecule is CC(C(=O)NC1CC1)n1cc(-c2ccncc2)nn1. The summed E-state index contributed by atoms with van der Waals surface area (Å²) in [5.74, 6) is -0.00585. The summed E-state index contributed by atoms with van der Waals surface area (Å²) in [4.78, 5) is 15.9. The summed E-state index contributed by atoms with van der Waals surface area (Å²) in [6, 6.07) is 3.74. The van der Waals surface area contributed by atoms with Crippen molar-refractivity contribution in [2.24, 2.45) is 0 Å². The fourth-order valence-electron chi connectivity index (χ4n) is 1.79. The highest BCUT2D eigenvalue weighted by atomic mass is 16.2. The predicted molar refractivity (Wildman–Crippen MR) is 69.1 cm³/mol. The molecule has 6 nitrogen and oxygen atoms in total. The van der Waals surface area contributed by atoms with Gasteiger partial charge in [-0.1, -0.05) is 5.21 Å². The number of amides is 1. The Labute approximate surface area is 110 Å². The zero-order valence-corrected chi connectivity index (χ0v) is 10.7. The average Bonchev–Trinajstić information content (AvgIpc) is 3.12. The molecule has 1 saturated carbocycles. The van der Waals surface area contributed by atoms with Gasteiger partial charge in [0, 0.05) is 24.0 Å². The minimum atomic E-state index is -0.344. The highest BCUT2D eigenvalue weighted by Crippen LogP contribution is 2.20. The minimum Gasteiger partial charge on any atom is -0.352 e. The van der Waals surface area contributed by atoms with E-state index in [9.17, 15) is 4.79 Å². The smallest absolute Gasteiger partial charge is 0.244 e. The Morgan fingerprint density at radius 3 is 2.84 bits per heavy atom. The van der Waals surface area contributed by atoms with Crippen molar-refractivity contribution >= 4 is 5.91 Å². The largest absolute Gasteiger partial charge is 0.352 e. The van der Waals surface area contributed by atoms with Crippen molar-refractivity contribution < 1.29 is 4.79 Å². The third-order valence-electron chi connectivity index (χ3n) is 3.19. The second-order valence-corrected chi connectivity index (χ2v) is 4.78. The fourth-order valence-corrected chi connectivity index (χ4v) is 1.79. The molecule has 0 aromatic carbocycles. The number of nitrogens with one attached hydrogen (secondary N) is 1. The van der Waals surface area contributed by atoms with Crippen LogP contribution in [-0.4, -0.2) is 31.9 Å². The van der Waals surface area contributed by atoms with Crippen molar-refractivity contribution in [2.45, 2.75) is 31.8 Å². The number of carbonyl (C=O) groups is 1. The van der Waals surface area contributed by atoms with Gasteiger partial charge in [-0.15, -0.1) is 5.10 Å². The molecule has 19 heavy (non-hydrogen) atoms. The van der Waals surface area contributed by atoms with Gasteiger partial charge in [0.05, 0.1) is 6.20 Å². The number of carbonyl (C=O) groups excluding carboxylic acids is 1. The lowest BCUT2D eigenvalue weighted by molar-refractivity contribution is -0.124. The van der Waals surface area contributed by atoms with Gasteiger partial charge < -0.3 is 5.32 Å². The van der Waals surface area contributed by atoms with Crippen molar-refractivity contribution in [1.82, 2.24) is 25.3 Å². The molecule has 2 aromatic rings. The van der Waals surface area contributed by atoms with Crippen molar-refractivity contribution in [1.29, 1.82) is 0 Å². The number of rotatable bonds is 4. The summed E-state index contributed by atoms with van der Waals surface area (Å²) < 4.78 is 1.59. The topological polar surface area (TPSA) is 72.7 Å². The van der Waals surface area contributed by atoms with Crippen LogP contribution in [0.25, 0.3) is 11.3 Å². The van der Waals surface area contributed by atoms with Crippen LogP contribution in [-0.2, 0) is 4.79 Å². The predicted octanol–water partition coefficient (Wildman–Crippen LogP) is 1.18. The van der Waals surface area contributed by atoms with Crippen molar-refractivity contribution in [2.75, 3.05) is 0 Å². The first-order valence-electron chi connectivity index (χ1n) is 6.36. The maximum absolute atomic E-state index is 11.9. The molecule has 1 unspecified atom stereocenters. The molecule has 98 valence electrons. The van der Waals surface area contributed by atoms with Crippen LogP contribution in [0.3, 0.4) is 0 Å². The molecule has 0 aliphatic heterocycles. The molecular formula is C13H15N5O. The highest BCUT2D eigenvalue weighted by molar-refractivity contribution is 5.80. The quantitative estimate of drug-likeness (QED) is 0.892.